The molecule has 0 saturated carbocycles. The molecule has 1 heterocycles. The maximum Gasteiger partial charge on any atom is 0.269 e. The average Bonchev–Trinajstić information content (AvgIpc) is 2.81. The molecule has 19 heavy (non-hydrogen) atoms. The Hall–Kier alpha value is -2.69. The molecule has 0 aliphatic heterocycles. The van der Waals surface area contributed by atoms with Crippen LogP contribution in [0, 0.1) is 15.9 Å². The van der Waals surface area contributed by atoms with Gasteiger partial charge in [0.25, 0.3) is 5.69 Å². The third kappa shape index (κ3) is 1.95. The first-order chi connectivity index (χ1) is 9.15. The minimum atomic E-state index is -0.438. The van der Waals surface area contributed by atoms with Crippen molar-refractivity contribution in [2.75, 3.05) is 0 Å². The predicted molar refractivity (Wildman–Crippen MR) is 69.9 cm³/mol. The average molecular weight is 256 g/mol. The largest absolute Gasteiger partial charge is 0.317 e. The summed E-state index contributed by atoms with van der Waals surface area (Å²) < 4.78 is 15.0. The Morgan fingerprint density at radius 3 is 2.47 bits per heavy atom. The van der Waals surface area contributed by atoms with E-state index in [-0.39, 0.29) is 11.5 Å². The standard InChI is InChI=1S/C14H9FN2O2/c15-11-1-6-14-10(9-11)7-8-16(14)12-2-4-13(5-3-12)17(18)19/h1-9H. The number of halogens is 1. The highest BCUT2D eigenvalue weighted by atomic mass is 19.1. The highest BCUT2D eigenvalue weighted by Crippen LogP contribution is 2.22. The molecule has 0 aliphatic carbocycles. The van der Waals surface area contributed by atoms with Crippen molar-refractivity contribution in [1.82, 2.24) is 4.57 Å². The first-order valence-electron chi connectivity index (χ1n) is 5.66. The van der Waals surface area contributed by atoms with Crippen molar-refractivity contribution in [3.05, 3.63) is 70.7 Å². The Morgan fingerprint density at radius 2 is 1.79 bits per heavy atom. The van der Waals surface area contributed by atoms with Crippen molar-refractivity contribution in [1.29, 1.82) is 0 Å². The van der Waals surface area contributed by atoms with E-state index in [9.17, 15) is 14.5 Å². The number of aromatic nitrogens is 1. The van der Waals surface area contributed by atoms with Crippen LogP contribution < -0.4 is 0 Å². The van der Waals surface area contributed by atoms with Crippen LogP contribution in [0.2, 0.25) is 0 Å². The van der Waals surface area contributed by atoms with Crippen molar-refractivity contribution in [3.63, 3.8) is 0 Å². The van der Waals surface area contributed by atoms with Crippen LogP contribution in [0.3, 0.4) is 0 Å². The fraction of sp³-hybridized carbons (Fsp3) is 0. The number of nitro benzene ring substituents is 1. The van der Waals surface area contributed by atoms with E-state index in [1.807, 2.05) is 10.8 Å². The summed E-state index contributed by atoms with van der Waals surface area (Å²) in [5.74, 6) is -0.283. The van der Waals surface area contributed by atoms with E-state index in [1.165, 1.54) is 24.3 Å². The second-order valence-corrected chi connectivity index (χ2v) is 4.16. The molecule has 2 aromatic carbocycles. The topological polar surface area (TPSA) is 48.1 Å². The van der Waals surface area contributed by atoms with Crippen LogP contribution in [-0.2, 0) is 0 Å². The zero-order chi connectivity index (χ0) is 13.4. The fourth-order valence-corrected chi connectivity index (χ4v) is 2.07. The second-order valence-electron chi connectivity index (χ2n) is 4.16. The highest BCUT2D eigenvalue weighted by Gasteiger charge is 2.07. The van der Waals surface area contributed by atoms with Gasteiger partial charge in [-0.15, -0.1) is 0 Å². The van der Waals surface area contributed by atoms with Crippen LogP contribution >= 0.6 is 0 Å². The van der Waals surface area contributed by atoms with Crippen LogP contribution in [0.4, 0.5) is 10.1 Å². The van der Waals surface area contributed by atoms with Crippen LogP contribution in [0.1, 0.15) is 0 Å². The molecule has 0 N–H and O–H groups in total. The lowest BCUT2D eigenvalue weighted by Crippen LogP contribution is -1.93. The maximum atomic E-state index is 13.1. The second kappa shape index (κ2) is 4.20. The van der Waals surface area contributed by atoms with Gasteiger partial charge in [-0.1, -0.05) is 0 Å². The predicted octanol–water partition coefficient (Wildman–Crippen LogP) is 3.68. The minimum absolute atomic E-state index is 0.0475. The first kappa shape index (κ1) is 11.4. The molecule has 0 saturated heterocycles. The molecule has 0 bridgehead atoms. The number of non-ortho nitro benzene ring substituents is 1. The van der Waals surface area contributed by atoms with Crippen LogP contribution in [0.15, 0.2) is 54.7 Å². The van der Waals surface area contributed by atoms with Gasteiger partial charge in [0.15, 0.2) is 0 Å². The third-order valence-corrected chi connectivity index (χ3v) is 2.99. The molecule has 3 aromatic rings. The summed E-state index contributed by atoms with van der Waals surface area (Å²) in [6.45, 7) is 0. The van der Waals surface area contributed by atoms with E-state index in [2.05, 4.69) is 0 Å². The van der Waals surface area contributed by atoms with E-state index < -0.39 is 4.92 Å². The SMILES string of the molecule is O=[N+]([O-])c1ccc(-n2ccc3cc(F)ccc32)cc1. The Morgan fingerprint density at radius 1 is 1.05 bits per heavy atom. The van der Waals surface area contributed by atoms with E-state index in [1.54, 1.807) is 24.3 Å². The normalized spacial score (nSPS) is 10.8. The maximum absolute atomic E-state index is 13.1. The Bertz CT molecular complexity index is 763. The summed E-state index contributed by atoms with van der Waals surface area (Å²) in [5.41, 5.74) is 1.70. The number of nitrogens with zero attached hydrogens (tertiary/aromatic N) is 2. The molecular weight excluding hydrogens is 247 g/mol. The minimum Gasteiger partial charge on any atom is -0.317 e. The third-order valence-electron chi connectivity index (χ3n) is 2.99. The zero-order valence-corrected chi connectivity index (χ0v) is 9.79. The van der Waals surface area contributed by atoms with Gasteiger partial charge in [0.05, 0.1) is 10.4 Å². The van der Waals surface area contributed by atoms with Crippen molar-refractivity contribution in [2.24, 2.45) is 0 Å². The van der Waals surface area contributed by atoms with Gasteiger partial charge in [0.2, 0.25) is 0 Å². The van der Waals surface area contributed by atoms with E-state index in [4.69, 9.17) is 0 Å². The van der Waals surface area contributed by atoms with Gasteiger partial charge in [-0.05, 0) is 36.4 Å². The molecule has 0 fully saturated rings. The number of rotatable bonds is 2. The summed E-state index contributed by atoms with van der Waals surface area (Å²) in [6, 6.07) is 12.6. The lowest BCUT2D eigenvalue weighted by molar-refractivity contribution is -0.384. The molecule has 0 amide bonds. The number of fused-ring (bicyclic) bond motifs is 1. The van der Waals surface area contributed by atoms with E-state index in [0.717, 1.165) is 16.6 Å². The molecular formula is C14H9FN2O2. The molecule has 4 nitrogen and oxygen atoms in total. The van der Waals surface area contributed by atoms with Gasteiger partial charge in [0, 0.05) is 29.4 Å². The molecule has 3 rings (SSSR count). The van der Waals surface area contributed by atoms with Crippen LogP contribution in [0.25, 0.3) is 16.6 Å². The summed E-state index contributed by atoms with van der Waals surface area (Å²) in [5, 5.41) is 11.4. The van der Waals surface area contributed by atoms with Gasteiger partial charge in [-0.2, -0.15) is 0 Å². The molecule has 0 spiro atoms. The monoisotopic (exact) mass is 256 g/mol. The molecule has 94 valence electrons. The highest BCUT2D eigenvalue weighted by molar-refractivity contribution is 5.82. The lowest BCUT2D eigenvalue weighted by Gasteiger charge is -2.05. The number of hydrogen-bond donors (Lipinski definition) is 0. The van der Waals surface area contributed by atoms with Crippen molar-refractivity contribution >= 4 is 16.6 Å². The van der Waals surface area contributed by atoms with Crippen LogP contribution in [-0.4, -0.2) is 9.49 Å². The van der Waals surface area contributed by atoms with E-state index >= 15 is 0 Å². The quantitative estimate of drug-likeness (QED) is 0.518. The van der Waals surface area contributed by atoms with E-state index in [0.29, 0.717) is 0 Å². The van der Waals surface area contributed by atoms with Gasteiger partial charge in [-0.25, -0.2) is 4.39 Å². The first-order valence-corrected chi connectivity index (χ1v) is 5.66. The molecule has 0 aliphatic rings. The van der Waals surface area contributed by atoms with Crippen LogP contribution in [0.5, 0.6) is 0 Å². The Kier molecular flexibility index (Phi) is 2.52. The lowest BCUT2D eigenvalue weighted by atomic mass is 10.2. The van der Waals surface area contributed by atoms with Crippen molar-refractivity contribution < 1.29 is 9.31 Å². The van der Waals surface area contributed by atoms with Crippen molar-refractivity contribution in [3.8, 4) is 5.69 Å². The van der Waals surface area contributed by atoms with Gasteiger partial charge >= 0.3 is 0 Å². The Labute approximate surface area is 107 Å². The van der Waals surface area contributed by atoms with Gasteiger partial charge < -0.3 is 4.57 Å². The fourth-order valence-electron chi connectivity index (χ4n) is 2.07. The number of nitro groups is 1. The number of benzene rings is 2. The molecule has 0 atom stereocenters. The summed E-state index contributed by atoms with van der Waals surface area (Å²) in [6.07, 6.45) is 1.81. The summed E-state index contributed by atoms with van der Waals surface area (Å²) in [4.78, 5) is 10.2. The molecule has 0 unspecified atom stereocenters. The summed E-state index contributed by atoms with van der Waals surface area (Å²) in [7, 11) is 0. The number of hydrogen-bond acceptors (Lipinski definition) is 2. The smallest absolute Gasteiger partial charge is 0.269 e. The summed E-state index contributed by atoms with van der Waals surface area (Å²) >= 11 is 0. The zero-order valence-electron chi connectivity index (χ0n) is 9.79. The van der Waals surface area contributed by atoms with Crippen molar-refractivity contribution in [2.45, 2.75) is 0 Å². The molecule has 5 heteroatoms. The molecule has 0 radical (unpaired) electrons. The Balaban J connectivity index is 2.11. The van der Waals surface area contributed by atoms with Gasteiger partial charge in [0.1, 0.15) is 5.82 Å². The van der Waals surface area contributed by atoms with Gasteiger partial charge in [-0.3, -0.25) is 10.1 Å². The molecule has 1 aromatic heterocycles.